The second kappa shape index (κ2) is 6.79. The van der Waals surface area contributed by atoms with Crippen molar-refractivity contribution in [2.24, 2.45) is 0 Å². The Balaban J connectivity index is 1.63. The minimum Gasteiger partial charge on any atom is -0.381 e. The van der Waals surface area contributed by atoms with Crippen molar-refractivity contribution in [2.45, 2.75) is 31.7 Å². The maximum Gasteiger partial charge on any atom is 0.258 e. The van der Waals surface area contributed by atoms with E-state index < -0.39 is 0 Å². The predicted molar refractivity (Wildman–Crippen MR) is 89.5 cm³/mol. The Kier molecular flexibility index (Phi) is 4.59. The number of hydrogen-bond acceptors (Lipinski definition) is 3. The summed E-state index contributed by atoms with van der Waals surface area (Å²) in [5.41, 5.74) is 1.43. The van der Waals surface area contributed by atoms with E-state index in [1.807, 2.05) is 6.07 Å². The van der Waals surface area contributed by atoms with Gasteiger partial charge in [-0.25, -0.2) is 4.98 Å². The number of anilines is 2. The van der Waals surface area contributed by atoms with Gasteiger partial charge in [0.25, 0.3) is 5.91 Å². The molecule has 1 saturated carbocycles. The summed E-state index contributed by atoms with van der Waals surface area (Å²) in [5.74, 6) is 0.261. The molecule has 0 saturated heterocycles. The monoisotopic (exact) mass is 315 g/mol. The van der Waals surface area contributed by atoms with E-state index >= 15 is 0 Å². The van der Waals surface area contributed by atoms with Gasteiger partial charge in [0.2, 0.25) is 0 Å². The molecule has 1 aromatic heterocycles. The average molecular weight is 316 g/mol. The molecule has 2 aromatic rings. The Bertz CT molecular complexity index is 651. The highest BCUT2D eigenvalue weighted by molar-refractivity contribution is 6.34. The van der Waals surface area contributed by atoms with E-state index in [0.717, 1.165) is 5.69 Å². The second-order valence-corrected chi connectivity index (χ2v) is 5.90. The van der Waals surface area contributed by atoms with Gasteiger partial charge < -0.3 is 10.6 Å². The number of carbonyl (C=O) groups excluding carboxylic acids is 1. The van der Waals surface area contributed by atoms with Crippen LogP contribution in [-0.2, 0) is 0 Å². The van der Waals surface area contributed by atoms with Crippen LogP contribution in [0.3, 0.4) is 0 Å². The van der Waals surface area contributed by atoms with Crippen molar-refractivity contribution in [3.05, 3.63) is 53.2 Å². The van der Waals surface area contributed by atoms with Gasteiger partial charge in [-0.05, 0) is 37.1 Å². The maximum atomic E-state index is 12.1. The van der Waals surface area contributed by atoms with E-state index in [1.54, 1.807) is 36.5 Å². The maximum absolute atomic E-state index is 12.1. The largest absolute Gasteiger partial charge is 0.381 e. The molecule has 0 spiro atoms. The fourth-order valence-corrected chi connectivity index (χ4v) is 2.91. The molecule has 0 aliphatic heterocycles. The zero-order chi connectivity index (χ0) is 15.4. The van der Waals surface area contributed by atoms with Gasteiger partial charge in [0, 0.05) is 6.04 Å². The molecule has 5 heteroatoms. The van der Waals surface area contributed by atoms with E-state index in [9.17, 15) is 4.79 Å². The minimum atomic E-state index is -0.255. The SMILES string of the molecule is O=C(Nc1ccc(NC2CCCC2)cn1)c1ccccc1Cl. The van der Waals surface area contributed by atoms with Crippen molar-refractivity contribution in [3.63, 3.8) is 0 Å². The number of aromatic nitrogens is 1. The highest BCUT2D eigenvalue weighted by Gasteiger charge is 2.14. The lowest BCUT2D eigenvalue weighted by Crippen LogP contribution is -2.15. The van der Waals surface area contributed by atoms with Crippen molar-refractivity contribution in [1.82, 2.24) is 4.98 Å². The quantitative estimate of drug-likeness (QED) is 0.882. The van der Waals surface area contributed by atoms with Crippen molar-refractivity contribution < 1.29 is 4.79 Å². The molecule has 0 radical (unpaired) electrons. The topological polar surface area (TPSA) is 54.0 Å². The molecule has 2 N–H and O–H groups in total. The number of nitrogens with one attached hydrogen (secondary N) is 2. The molecule has 0 unspecified atom stereocenters. The Morgan fingerprint density at radius 3 is 2.59 bits per heavy atom. The molecule has 3 rings (SSSR count). The third kappa shape index (κ3) is 3.57. The summed E-state index contributed by atoms with van der Waals surface area (Å²) in [7, 11) is 0. The molecule has 4 nitrogen and oxygen atoms in total. The van der Waals surface area contributed by atoms with Crippen LogP contribution in [0.25, 0.3) is 0 Å². The van der Waals surface area contributed by atoms with Crippen LogP contribution in [0, 0.1) is 0 Å². The predicted octanol–water partition coefficient (Wildman–Crippen LogP) is 4.34. The van der Waals surface area contributed by atoms with Crippen LogP contribution in [0.15, 0.2) is 42.6 Å². The molecule has 0 atom stereocenters. The number of benzene rings is 1. The van der Waals surface area contributed by atoms with Gasteiger partial charge in [0.1, 0.15) is 5.82 Å². The highest BCUT2D eigenvalue weighted by Crippen LogP contribution is 2.22. The average Bonchev–Trinajstić information content (AvgIpc) is 3.02. The number of halogens is 1. The highest BCUT2D eigenvalue weighted by atomic mass is 35.5. The number of rotatable bonds is 4. The lowest BCUT2D eigenvalue weighted by molar-refractivity contribution is 0.102. The second-order valence-electron chi connectivity index (χ2n) is 5.49. The number of amides is 1. The summed E-state index contributed by atoms with van der Waals surface area (Å²) >= 11 is 6.01. The molecule has 0 bridgehead atoms. The smallest absolute Gasteiger partial charge is 0.258 e. The van der Waals surface area contributed by atoms with Crippen LogP contribution < -0.4 is 10.6 Å². The van der Waals surface area contributed by atoms with Gasteiger partial charge in [0.05, 0.1) is 22.5 Å². The summed E-state index contributed by atoms with van der Waals surface area (Å²) < 4.78 is 0. The van der Waals surface area contributed by atoms with Crippen LogP contribution in [0.4, 0.5) is 11.5 Å². The molecule has 114 valence electrons. The third-order valence-electron chi connectivity index (χ3n) is 3.85. The molecular formula is C17H18ClN3O. The first-order chi connectivity index (χ1) is 10.7. The summed E-state index contributed by atoms with van der Waals surface area (Å²) in [5, 5.41) is 6.65. The molecule has 1 heterocycles. The van der Waals surface area contributed by atoms with Crippen LogP contribution in [-0.4, -0.2) is 16.9 Å². The van der Waals surface area contributed by atoms with Gasteiger partial charge in [-0.15, -0.1) is 0 Å². The zero-order valence-electron chi connectivity index (χ0n) is 12.2. The van der Waals surface area contributed by atoms with E-state index in [1.165, 1.54) is 25.7 Å². The van der Waals surface area contributed by atoms with Gasteiger partial charge in [0.15, 0.2) is 0 Å². The number of hydrogen-bond donors (Lipinski definition) is 2. The lowest BCUT2D eigenvalue weighted by Gasteiger charge is -2.13. The Morgan fingerprint density at radius 2 is 1.91 bits per heavy atom. The molecule has 22 heavy (non-hydrogen) atoms. The zero-order valence-corrected chi connectivity index (χ0v) is 12.9. The normalized spacial score (nSPS) is 14.8. The van der Waals surface area contributed by atoms with Gasteiger partial charge in [-0.2, -0.15) is 0 Å². The van der Waals surface area contributed by atoms with Crippen molar-refractivity contribution in [2.75, 3.05) is 10.6 Å². The molecule has 1 aliphatic carbocycles. The van der Waals surface area contributed by atoms with Crippen LogP contribution in [0.1, 0.15) is 36.0 Å². The summed E-state index contributed by atoms with van der Waals surface area (Å²) in [6.45, 7) is 0. The van der Waals surface area contributed by atoms with Gasteiger partial charge >= 0.3 is 0 Å². The van der Waals surface area contributed by atoms with Crippen LogP contribution >= 0.6 is 11.6 Å². The molecule has 1 aliphatic rings. The Morgan fingerprint density at radius 1 is 1.14 bits per heavy atom. The van der Waals surface area contributed by atoms with E-state index in [2.05, 4.69) is 15.6 Å². The fraction of sp³-hybridized carbons (Fsp3) is 0.294. The van der Waals surface area contributed by atoms with Crippen molar-refractivity contribution in [3.8, 4) is 0 Å². The standard InChI is InChI=1S/C17H18ClN3O/c18-15-8-4-3-7-14(15)17(22)21-16-10-9-13(11-19-16)20-12-5-1-2-6-12/h3-4,7-12,20H,1-2,5-6H2,(H,19,21,22). The first-order valence-electron chi connectivity index (χ1n) is 7.51. The Hall–Kier alpha value is -2.07. The summed E-state index contributed by atoms with van der Waals surface area (Å²) in [4.78, 5) is 16.4. The molecular weight excluding hydrogens is 298 g/mol. The lowest BCUT2D eigenvalue weighted by atomic mass is 10.2. The third-order valence-corrected chi connectivity index (χ3v) is 4.18. The van der Waals surface area contributed by atoms with Gasteiger partial charge in [-0.1, -0.05) is 36.6 Å². The minimum absolute atomic E-state index is 0.255. The summed E-state index contributed by atoms with van der Waals surface area (Å²) in [6, 6.07) is 11.2. The van der Waals surface area contributed by atoms with Crippen molar-refractivity contribution >= 4 is 29.0 Å². The molecule has 1 fully saturated rings. The molecule has 1 amide bonds. The van der Waals surface area contributed by atoms with E-state index in [-0.39, 0.29) is 5.91 Å². The van der Waals surface area contributed by atoms with E-state index in [0.29, 0.717) is 22.4 Å². The summed E-state index contributed by atoms with van der Waals surface area (Å²) in [6.07, 6.45) is 6.75. The molecule has 1 aromatic carbocycles. The van der Waals surface area contributed by atoms with Crippen LogP contribution in [0.5, 0.6) is 0 Å². The van der Waals surface area contributed by atoms with Gasteiger partial charge in [-0.3, -0.25) is 4.79 Å². The first kappa shape index (κ1) is 14.9. The van der Waals surface area contributed by atoms with Crippen molar-refractivity contribution in [1.29, 1.82) is 0 Å². The fourth-order valence-electron chi connectivity index (χ4n) is 2.69. The number of nitrogens with zero attached hydrogens (tertiary/aromatic N) is 1. The van der Waals surface area contributed by atoms with Crippen LogP contribution in [0.2, 0.25) is 5.02 Å². The Labute approximate surface area is 134 Å². The number of pyridine rings is 1. The van der Waals surface area contributed by atoms with E-state index in [4.69, 9.17) is 11.6 Å². The first-order valence-corrected chi connectivity index (χ1v) is 7.88. The number of carbonyl (C=O) groups is 1.